The van der Waals surface area contributed by atoms with Crippen molar-refractivity contribution in [3.63, 3.8) is 0 Å². The minimum atomic E-state index is 0.502. The van der Waals surface area contributed by atoms with Gasteiger partial charge in [0.1, 0.15) is 0 Å². The van der Waals surface area contributed by atoms with E-state index in [0.29, 0.717) is 18.1 Å². The first-order valence-electron chi connectivity index (χ1n) is 6.45. The van der Waals surface area contributed by atoms with E-state index in [1.807, 2.05) is 55.5 Å². The number of hydrogen-bond donors (Lipinski definition) is 1. The summed E-state index contributed by atoms with van der Waals surface area (Å²) in [5.74, 6) is 1.17. The summed E-state index contributed by atoms with van der Waals surface area (Å²) in [6.07, 6.45) is 0.658. The minimum Gasteiger partial charge on any atom is -0.398 e. The number of benzene rings is 2. The molecule has 0 spiro atoms. The first kappa shape index (κ1) is 12.4. The molecule has 3 aromatic rings. The van der Waals surface area contributed by atoms with E-state index in [-0.39, 0.29) is 0 Å². The Kier molecular flexibility index (Phi) is 3.21. The smallest absolute Gasteiger partial charge is 0.258 e. The van der Waals surface area contributed by atoms with Crippen molar-refractivity contribution >= 4 is 5.69 Å². The van der Waals surface area contributed by atoms with Crippen molar-refractivity contribution in [2.45, 2.75) is 13.3 Å². The third-order valence-electron chi connectivity index (χ3n) is 3.20. The van der Waals surface area contributed by atoms with Crippen LogP contribution in [-0.2, 0) is 6.42 Å². The van der Waals surface area contributed by atoms with Gasteiger partial charge in [-0.15, -0.1) is 0 Å². The van der Waals surface area contributed by atoms with Gasteiger partial charge in [-0.1, -0.05) is 41.6 Å². The molecule has 0 amide bonds. The number of nitrogen functional groups attached to an aromatic ring is 1. The van der Waals surface area contributed by atoms with E-state index in [1.54, 1.807) is 0 Å². The lowest BCUT2D eigenvalue weighted by Crippen LogP contribution is -1.91. The molecule has 0 saturated heterocycles. The molecule has 4 heteroatoms. The maximum absolute atomic E-state index is 5.90. The predicted molar refractivity (Wildman–Crippen MR) is 78.1 cm³/mol. The minimum absolute atomic E-state index is 0.502. The molecule has 2 N–H and O–H groups in total. The highest BCUT2D eigenvalue weighted by Crippen LogP contribution is 2.22. The zero-order valence-electron chi connectivity index (χ0n) is 11.2. The van der Waals surface area contributed by atoms with Gasteiger partial charge in [-0.3, -0.25) is 0 Å². The van der Waals surface area contributed by atoms with Crippen LogP contribution in [-0.4, -0.2) is 10.1 Å². The Labute approximate surface area is 117 Å². The molecule has 100 valence electrons. The van der Waals surface area contributed by atoms with Crippen molar-refractivity contribution in [1.82, 2.24) is 10.1 Å². The largest absolute Gasteiger partial charge is 0.398 e. The Balaban J connectivity index is 1.84. The van der Waals surface area contributed by atoms with E-state index in [4.69, 9.17) is 10.3 Å². The molecule has 0 aliphatic heterocycles. The van der Waals surface area contributed by atoms with Crippen molar-refractivity contribution in [3.8, 4) is 11.5 Å². The van der Waals surface area contributed by atoms with Gasteiger partial charge in [-0.25, -0.2) is 0 Å². The summed E-state index contributed by atoms with van der Waals surface area (Å²) in [7, 11) is 0. The van der Waals surface area contributed by atoms with Gasteiger partial charge in [-0.05, 0) is 30.2 Å². The summed E-state index contributed by atoms with van der Waals surface area (Å²) in [5, 5.41) is 4.01. The number of hydrogen-bond acceptors (Lipinski definition) is 4. The van der Waals surface area contributed by atoms with Crippen LogP contribution in [0.1, 0.15) is 17.0 Å². The summed E-state index contributed by atoms with van der Waals surface area (Å²) in [6.45, 7) is 1.97. The molecule has 3 rings (SSSR count). The topological polar surface area (TPSA) is 64.9 Å². The fraction of sp³-hybridized carbons (Fsp3) is 0.125. The van der Waals surface area contributed by atoms with Gasteiger partial charge >= 0.3 is 0 Å². The molecule has 0 aliphatic carbocycles. The first-order chi connectivity index (χ1) is 9.72. The van der Waals surface area contributed by atoms with Crippen LogP contribution in [0.15, 0.2) is 53.1 Å². The lowest BCUT2D eigenvalue weighted by Gasteiger charge is -2.00. The molecule has 0 unspecified atom stereocenters. The summed E-state index contributed by atoms with van der Waals surface area (Å²) >= 11 is 0. The zero-order valence-corrected chi connectivity index (χ0v) is 11.2. The summed E-state index contributed by atoms with van der Waals surface area (Å²) in [6, 6.07) is 15.8. The summed E-state index contributed by atoms with van der Waals surface area (Å²) in [4.78, 5) is 4.41. The Morgan fingerprint density at radius 3 is 2.65 bits per heavy atom. The quantitative estimate of drug-likeness (QED) is 0.738. The summed E-state index contributed by atoms with van der Waals surface area (Å²) < 4.78 is 5.30. The fourth-order valence-corrected chi connectivity index (χ4v) is 1.99. The number of aromatic nitrogens is 2. The van der Waals surface area contributed by atoms with Crippen molar-refractivity contribution in [2.24, 2.45) is 0 Å². The van der Waals surface area contributed by atoms with Crippen molar-refractivity contribution in [1.29, 1.82) is 0 Å². The van der Waals surface area contributed by atoms with E-state index < -0.39 is 0 Å². The van der Waals surface area contributed by atoms with E-state index in [9.17, 15) is 0 Å². The second-order valence-corrected chi connectivity index (χ2v) is 4.75. The van der Waals surface area contributed by atoms with Gasteiger partial charge in [0.2, 0.25) is 0 Å². The average Bonchev–Trinajstić information content (AvgIpc) is 2.91. The van der Waals surface area contributed by atoms with Crippen LogP contribution >= 0.6 is 0 Å². The van der Waals surface area contributed by atoms with Crippen LogP contribution in [0.4, 0.5) is 5.69 Å². The van der Waals surface area contributed by atoms with Gasteiger partial charge in [-0.2, -0.15) is 4.98 Å². The molecule has 0 bridgehead atoms. The fourth-order valence-electron chi connectivity index (χ4n) is 1.99. The van der Waals surface area contributed by atoms with Crippen molar-refractivity contribution in [3.05, 3.63) is 65.5 Å². The molecule has 0 atom stereocenters. The third kappa shape index (κ3) is 2.54. The molecule has 0 fully saturated rings. The highest BCUT2D eigenvalue weighted by molar-refractivity contribution is 5.62. The van der Waals surface area contributed by atoms with Crippen LogP contribution in [0.25, 0.3) is 11.5 Å². The van der Waals surface area contributed by atoms with E-state index in [0.717, 1.165) is 22.4 Å². The molecule has 1 heterocycles. The highest BCUT2D eigenvalue weighted by atomic mass is 16.5. The van der Waals surface area contributed by atoms with Gasteiger partial charge in [0.15, 0.2) is 5.82 Å². The SMILES string of the molecule is Cc1ccc(-c2nc(Cc3ccccc3)no2)cc1N. The Hall–Kier alpha value is -2.62. The van der Waals surface area contributed by atoms with Gasteiger partial charge in [0.25, 0.3) is 5.89 Å². The standard InChI is InChI=1S/C16H15N3O/c1-11-7-8-13(10-14(11)17)16-18-15(19-20-16)9-12-5-3-2-4-6-12/h2-8,10H,9,17H2,1H3. The Morgan fingerprint density at radius 1 is 1.10 bits per heavy atom. The maximum Gasteiger partial charge on any atom is 0.258 e. The number of nitrogens with zero attached hydrogens (tertiary/aromatic N) is 2. The van der Waals surface area contributed by atoms with Crippen LogP contribution in [0.3, 0.4) is 0 Å². The molecule has 20 heavy (non-hydrogen) atoms. The molecule has 0 aliphatic rings. The molecule has 1 aromatic heterocycles. The molecule has 2 aromatic carbocycles. The predicted octanol–water partition coefficient (Wildman–Crippen LogP) is 3.22. The average molecular weight is 265 g/mol. The van der Waals surface area contributed by atoms with Gasteiger partial charge < -0.3 is 10.3 Å². The zero-order chi connectivity index (χ0) is 13.9. The van der Waals surface area contributed by atoms with Crippen LogP contribution in [0.2, 0.25) is 0 Å². The molecular formula is C16H15N3O. The van der Waals surface area contributed by atoms with Gasteiger partial charge in [0.05, 0.1) is 0 Å². The van der Waals surface area contributed by atoms with E-state index >= 15 is 0 Å². The van der Waals surface area contributed by atoms with Crippen LogP contribution < -0.4 is 5.73 Å². The normalized spacial score (nSPS) is 10.7. The first-order valence-corrected chi connectivity index (χ1v) is 6.45. The second kappa shape index (κ2) is 5.17. The monoisotopic (exact) mass is 265 g/mol. The van der Waals surface area contributed by atoms with Crippen LogP contribution in [0.5, 0.6) is 0 Å². The number of anilines is 1. The van der Waals surface area contributed by atoms with E-state index in [2.05, 4.69) is 10.1 Å². The number of nitrogens with two attached hydrogens (primary N) is 1. The molecular weight excluding hydrogens is 250 g/mol. The van der Waals surface area contributed by atoms with Crippen molar-refractivity contribution < 1.29 is 4.52 Å². The lowest BCUT2D eigenvalue weighted by molar-refractivity contribution is 0.424. The third-order valence-corrected chi connectivity index (χ3v) is 3.20. The maximum atomic E-state index is 5.90. The molecule has 0 radical (unpaired) electrons. The number of aryl methyl sites for hydroxylation is 1. The second-order valence-electron chi connectivity index (χ2n) is 4.75. The lowest BCUT2D eigenvalue weighted by atomic mass is 10.1. The number of rotatable bonds is 3. The Morgan fingerprint density at radius 2 is 1.90 bits per heavy atom. The highest BCUT2D eigenvalue weighted by Gasteiger charge is 2.10. The molecule has 4 nitrogen and oxygen atoms in total. The van der Waals surface area contributed by atoms with Gasteiger partial charge in [0, 0.05) is 17.7 Å². The molecule has 0 saturated carbocycles. The van der Waals surface area contributed by atoms with E-state index in [1.165, 1.54) is 0 Å². The Bertz CT molecular complexity index is 720. The van der Waals surface area contributed by atoms with Crippen molar-refractivity contribution in [2.75, 3.05) is 5.73 Å². The van der Waals surface area contributed by atoms with Crippen LogP contribution in [0, 0.1) is 6.92 Å². The summed E-state index contributed by atoms with van der Waals surface area (Å²) in [5.41, 5.74) is 9.67.